The zero-order valence-electron chi connectivity index (χ0n) is 10.2. The molecule has 2 N–H and O–H groups in total. The Balaban J connectivity index is 2.43. The number of rotatable bonds is 2. The molecule has 1 saturated carbocycles. The average molecular weight is 286 g/mol. The quantitative estimate of drug-likeness (QED) is 0.908. The van der Waals surface area contributed by atoms with Crippen molar-refractivity contribution in [1.29, 1.82) is 0 Å². The molecule has 0 bridgehead atoms. The van der Waals surface area contributed by atoms with E-state index in [-0.39, 0.29) is 5.41 Å². The van der Waals surface area contributed by atoms with Crippen LogP contribution in [-0.2, 0) is 5.41 Å². The van der Waals surface area contributed by atoms with Crippen LogP contribution >= 0.6 is 15.9 Å². The summed E-state index contributed by atoms with van der Waals surface area (Å²) in [4.78, 5) is 0. The van der Waals surface area contributed by atoms with Gasteiger partial charge in [-0.25, -0.2) is 0 Å². The molecule has 0 radical (unpaired) electrons. The predicted octanol–water partition coefficient (Wildman–Crippen LogP) is 3.00. The van der Waals surface area contributed by atoms with Gasteiger partial charge in [-0.1, -0.05) is 6.92 Å². The second-order valence-electron chi connectivity index (χ2n) is 5.44. The summed E-state index contributed by atoms with van der Waals surface area (Å²) in [6.45, 7) is 6.64. The highest BCUT2D eigenvalue weighted by Crippen LogP contribution is 2.43. The molecule has 1 aliphatic carbocycles. The maximum Gasteiger partial charge on any atom is 0.0635 e. The zero-order valence-corrected chi connectivity index (χ0v) is 11.8. The third-order valence-corrected chi connectivity index (χ3v) is 4.17. The molecule has 0 spiro atoms. The topological polar surface area (TPSA) is 43.8 Å². The van der Waals surface area contributed by atoms with Gasteiger partial charge < -0.3 is 5.73 Å². The third-order valence-electron chi connectivity index (χ3n) is 3.59. The molecule has 90 valence electrons. The number of halogens is 1. The SMILES string of the molecule is CC(C)n1ncc(Br)c1C1(C)CCC(N)C1. The van der Waals surface area contributed by atoms with Crippen LogP contribution in [0.15, 0.2) is 10.7 Å². The molecular formula is C12H20BrN3. The highest BCUT2D eigenvalue weighted by Gasteiger charge is 2.39. The fourth-order valence-electron chi connectivity index (χ4n) is 2.80. The first-order valence-corrected chi connectivity index (χ1v) is 6.72. The Bertz CT molecular complexity index is 386. The van der Waals surface area contributed by atoms with E-state index in [0.717, 1.165) is 23.7 Å². The van der Waals surface area contributed by atoms with Gasteiger partial charge in [0, 0.05) is 17.5 Å². The minimum atomic E-state index is 0.180. The zero-order chi connectivity index (χ0) is 11.9. The molecule has 0 aromatic carbocycles. The maximum absolute atomic E-state index is 6.05. The number of hydrogen-bond acceptors (Lipinski definition) is 2. The van der Waals surface area contributed by atoms with E-state index in [1.54, 1.807) is 0 Å². The first-order valence-electron chi connectivity index (χ1n) is 5.93. The molecule has 2 unspecified atom stereocenters. The molecule has 3 nitrogen and oxygen atoms in total. The van der Waals surface area contributed by atoms with E-state index in [0.29, 0.717) is 12.1 Å². The fourth-order valence-corrected chi connectivity index (χ4v) is 3.55. The van der Waals surface area contributed by atoms with E-state index in [9.17, 15) is 0 Å². The largest absolute Gasteiger partial charge is 0.328 e. The van der Waals surface area contributed by atoms with Crippen molar-refractivity contribution in [3.63, 3.8) is 0 Å². The monoisotopic (exact) mass is 285 g/mol. The van der Waals surface area contributed by atoms with Gasteiger partial charge in [0.25, 0.3) is 0 Å². The van der Waals surface area contributed by atoms with Gasteiger partial charge in [-0.2, -0.15) is 5.10 Å². The van der Waals surface area contributed by atoms with Crippen molar-refractivity contribution in [2.45, 2.75) is 57.5 Å². The summed E-state index contributed by atoms with van der Waals surface area (Å²) in [5, 5.41) is 4.46. The molecule has 2 atom stereocenters. The van der Waals surface area contributed by atoms with E-state index in [4.69, 9.17) is 5.73 Å². The smallest absolute Gasteiger partial charge is 0.0635 e. The summed E-state index contributed by atoms with van der Waals surface area (Å²) in [6.07, 6.45) is 5.24. The fraction of sp³-hybridized carbons (Fsp3) is 0.750. The molecule has 16 heavy (non-hydrogen) atoms. The Hall–Kier alpha value is -0.350. The van der Waals surface area contributed by atoms with Crippen molar-refractivity contribution in [2.75, 3.05) is 0 Å². The summed E-state index contributed by atoms with van der Waals surface area (Å²) in [7, 11) is 0. The summed E-state index contributed by atoms with van der Waals surface area (Å²) in [5.74, 6) is 0. The van der Waals surface area contributed by atoms with Crippen LogP contribution in [-0.4, -0.2) is 15.8 Å². The lowest BCUT2D eigenvalue weighted by atomic mass is 9.84. The first kappa shape index (κ1) is 12.1. The molecule has 1 aromatic rings. The Morgan fingerprint density at radius 1 is 1.62 bits per heavy atom. The molecule has 0 aliphatic heterocycles. The van der Waals surface area contributed by atoms with Crippen molar-refractivity contribution in [3.8, 4) is 0 Å². The van der Waals surface area contributed by atoms with Crippen LogP contribution in [0, 0.1) is 0 Å². The summed E-state index contributed by atoms with van der Waals surface area (Å²) in [5.41, 5.74) is 7.54. The molecule has 2 rings (SSSR count). The van der Waals surface area contributed by atoms with Crippen molar-refractivity contribution < 1.29 is 0 Å². The van der Waals surface area contributed by atoms with Crippen molar-refractivity contribution in [1.82, 2.24) is 9.78 Å². The molecule has 1 aliphatic rings. The van der Waals surface area contributed by atoms with Gasteiger partial charge in [0.2, 0.25) is 0 Å². The minimum absolute atomic E-state index is 0.180. The summed E-state index contributed by atoms with van der Waals surface area (Å²) in [6, 6.07) is 0.738. The van der Waals surface area contributed by atoms with Crippen LogP contribution in [0.3, 0.4) is 0 Å². The standard InChI is InChI=1S/C12H20BrN3/c1-8(2)16-11(10(13)7-15-16)12(3)5-4-9(14)6-12/h7-9H,4-6,14H2,1-3H3. The second kappa shape index (κ2) is 4.15. The van der Waals surface area contributed by atoms with Gasteiger partial charge >= 0.3 is 0 Å². The van der Waals surface area contributed by atoms with E-state index in [2.05, 4.69) is 46.5 Å². The number of hydrogen-bond donors (Lipinski definition) is 1. The van der Waals surface area contributed by atoms with Gasteiger partial charge in [-0.05, 0) is 49.0 Å². The van der Waals surface area contributed by atoms with Crippen LogP contribution in [0.1, 0.15) is 51.8 Å². The Labute approximate surface area is 106 Å². The van der Waals surface area contributed by atoms with Crippen LogP contribution in [0.2, 0.25) is 0 Å². The Morgan fingerprint density at radius 2 is 2.31 bits per heavy atom. The van der Waals surface area contributed by atoms with Crippen LogP contribution in [0.5, 0.6) is 0 Å². The van der Waals surface area contributed by atoms with Crippen molar-refractivity contribution >= 4 is 15.9 Å². The summed E-state index contributed by atoms with van der Waals surface area (Å²) < 4.78 is 3.25. The first-order chi connectivity index (χ1) is 7.44. The van der Waals surface area contributed by atoms with Crippen LogP contribution in [0.4, 0.5) is 0 Å². The van der Waals surface area contributed by atoms with E-state index >= 15 is 0 Å². The lowest BCUT2D eigenvalue weighted by molar-refractivity contribution is 0.399. The van der Waals surface area contributed by atoms with E-state index < -0.39 is 0 Å². The number of nitrogens with two attached hydrogens (primary N) is 1. The van der Waals surface area contributed by atoms with E-state index in [1.807, 2.05) is 6.20 Å². The van der Waals surface area contributed by atoms with Gasteiger partial charge in [0.05, 0.1) is 16.4 Å². The average Bonchev–Trinajstić information content (AvgIpc) is 2.71. The molecule has 1 fully saturated rings. The third kappa shape index (κ3) is 1.93. The van der Waals surface area contributed by atoms with Crippen molar-refractivity contribution in [2.24, 2.45) is 5.73 Å². The lowest BCUT2D eigenvalue weighted by Crippen LogP contribution is -2.27. The highest BCUT2D eigenvalue weighted by molar-refractivity contribution is 9.10. The molecule has 1 aromatic heterocycles. The molecule has 0 saturated heterocycles. The maximum atomic E-state index is 6.05. The van der Waals surface area contributed by atoms with Gasteiger partial charge in [-0.3, -0.25) is 4.68 Å². The normalized spacial score (nSPS) is 30.2. The number of aromatic nitrogens is 2. The van der Waals surface area contributed by atoms with Gasteiger partial charge in [0.15, 0.2) is 0 Å². The number of nitrogens with zero attached hydrogens (tertiary/aromatic N) is 2. The molecule has 1 heterocycles. The minimum Gasteiger partial charge on any atom is -0.328 e. The molecular weight excluding hydrogens is 266 g/mol. The van der Waals surface area contributed by atoms with Gasteiger partial charge in [-0.15, -0.1) is 0 Å². The molecule has 0 amide bonds. The molecule has 4 heteroatoms. The van der Waals surface area contributed by atoms with Gasteiger partial charge in [0.1, 0.15) is 0 Å². The lowest BCUT2D eigenvalue weighted by Gasteiger charge is -2.27. The Kier molecular flexibility index (Phi) is 3.14. The predicted molar refractivity (Wildman–Crippen MR) is 69.5 cm³/mol. The Morgan fingerprint density at radius 3 is 2.81 bits per heavy atom. The second-order valence-corrected chi connectivity index (χ2v) is 6.30. The highest BCUT2D eigenvalue weighted by atomic mass is 79.9. The van der Waals surface area contributed by atoms with Crippen LogP contribution < -0.4 is 5.73 Å². The van der Waals surface area contributed by atoms with Crippen LogP contribution in [0.25, 0.3) is 0 Å². The summed E-state index contributed by atoms with van der Waals surface area (Å²) >= 11 is 3.63. The van der Waals surface area contributed by atoms with Crippen molar-refractivity contribution in [3.05, 3.63) is 16.4 Å². The van der Waals surface area contributed by atoms with E-state index in [1.165, 1.54) is 5.69 Å².